The Bertz CT molecular complexity index is 719. The Morgan fingerprint density at radius 2 is 1.86 bits per heavy atom. The molecule has 0 unspecified atom stereocenters. The van der Waals surface area contributed by atoms with Gasteiger partial charge in [-0.1, -0.05) is 27.5 Å². The second kappa shape index (κ2) is 7.03. The maximum Gasteiger partial charge on any atom is 0.417 e. The molecule has 116 valence electrons. The van der Waals surface area contributed by atoms with Crippen molar-refractivity contribution in [3.8, 4) is 11.5 Å². The Balaban J connectivity index is 2.17. The van der Waals surface area contributed by atoms with Crippen molar-refractivity contribution in [2.75, 3.05) is 12.4 Å². The molecule has 0 saturated carbocycles. The van der Waals surface area contributed by atoms with Gasteiger partial charge in [-0.05, 0) is 55.3 Å². The van der Waals surface area contributed by atoms with Gasteiger partial charge in [0.05, 0.1) is 12.8 Å². The molecule has 0 aliphatic heterocycles. The second-order valence-electron chi connectivity index (χ2n) is 4.73. The van der Waals surface area contributed by atoms with Gasteiger partial charge < -0.3 is 9.47 Å². The van der Waals surface area contributed by atoms with Crippen molar-refractivity contribution in [2.45, 2.75) is 13.8 Å². The third-order valence-corrected chi connectivity index (χ3v) is 4.15. The lowest BCUT2D eigenvalue weighted by Crippen LogP contribution is -2.17. The SMILES string of the molecule is COc1ccc(Cl)cc1NC(=O)Oc1cc(C)c(Br)cc1C. The Hall–Kier alpha value is -1.72. The molecule has 6 heteroatoms. The predicted molar refractivity (Wildman–Crippen MR) is 91.3 cm³/mol. The number of rotatable bonds is 3. The lowest BCUT2D eigenvalue weighted by Gasteiger charge is -2.12. The number of benzene rings is 2. The highest BCUT2D eigenvalue weighted by Crippen LogP contribution is 2.29. The molecule has 0 heterocycles. The van der Waals surface area contributed by atoms with Gasteiger partial charge >= 0.3 is 6.09 Å². The lowest BCUT2D eigenvalue weighted by molar-refractivity contribution is 0.214. The van der Waals surface area contributed by atoms with Gasteiger partial charge in [-0.15, -0.1) is 0 Å². The van der Waals surface area contributed by atoms with Crippen LogP contribution in [-0.4, -0.2) is 13.2 Å². The molecule has 0 aliphatic carbocycles. The number of amides is 1. The highest BCUT2D eigenvalue weighted by atomic mass is 79.9. The zero-order chi connectivity index (χ0) is 16.3. The molecule has 0 saturated heterocycles. The molecule has 0 radical (unpaired) electrons. The standard InChI is InChI=1S/C16H15BrClNO3/c1-9-7-15(10(2)6-12(9)17)22-16(20)19-13-8-11(18)4-5-14(13)21-3/h4-8H,1-3H3,(H,19,20). The van der Waals surface area contributed by atoms with Crippen molar-refractivity contribution in [3.05, 3.63) is 51.0 Å². The van der Waals surface area contributed by atoms with Crippen molar-refractivity contribution >= 4 is 39.3 Å². The van der Waals surface area contributed by atoms with Crippen LogP contribution in [0.5, 0.6) is 11.5 Å². The predicted octanol–water partition coefficient (Wildman–Crippen LogP) is 5.34. The van der Waals surface area contributed by atoms with E-state index in [1.807, 2.05) is 19.9 Å². The van der Waals surface area contributed by atoms with E-state index in [-0.39, 0.29) is 0 Å². The van der Waals surface area contributed by atoms with Gasteiger partial charge in [0.15, 0.2) is 0 Å². The van der Waals surface area contributed by atoms with Gasteiger partial charge in [0, 0.05) is 9.50 Å². The molecule has 0 bridgehead atoms. The first-order chi connectivity index (χ1) is 10.4. The highest BCUT2D eigenvalue weighted by Gasteiger charge is 2.12. The number of methoxy groups -OCH3 is 1. The first kappa shape index (κ1) is 16.6. The normalized spacial score (nSPS) is 10.2. The van der Waals surface area contributed by atoms with E-state index in [1.165, 1.54) is 7.11 Å². The van der Waals surface area contributed by atoms with Crippen LogP contribution in [0.15, 0.2) is 34.8 Å². The largest absolute Gasteiger partial charge is 0.495 e. The fraction of sp³-hybridized carbons (Fsp3) is 0.188. The summed E-state index contributed by atoms with van der Waals surface area (Å²) in [4.78, 5) is 12.1. The van der Waals surface area contributed by atoms with Gasteiger partial charge in [0.2, 0.25) is 0 Å². The average Bonchev–Trinajstić information content (AvgIpc) is 2.45. The van der Waals surface area contributed by atoms with Crippen LogP contribution in [0.2, 0.25) is 5.02 Å². The van der Waals surface area contributed by atoms with E-state index in [2.05, 4.69) is 21.2 Å². The molecule has 4 nitrogen and oxygen atoms in total. The number of halogens is 2. The number of anilines is 1. The van der Waals surface area contributed by atoms with E-state index in [0.29, 0.717) is 22.2 Å². The molecule has 1 amide bonds. The monoisotopic (exact) mass is 383 g/mol. The molecule has 2 aromatic rings. The van der Waals surface area contributed by atoms with Crippen LogP contribution < -0.4 is 14.8 Å². The van der Waals surface area contributed by atoms with Gasteiger partial charge in [-0.25, -0.2) is 4.79 Å². The fourth-order valence-electron chi connectivity index (χ4n) is 1.88. The third-order valence-electron chi connectivity index (χ3n) is 3.06. The van der Waals surface area contributed by atoms with Crippen LogP contribution >= 0.6 is 27.5 Å². The summed E-state index contributed by atoms with van der Waals surface area (Å²) in [6, 6.07) is 8.65. The fourth-order valence-corrected chi connectivity index (χ4v) is 2.51. The number of carbonyl (C=O) groups excluding carboxylic acids is 1. The first-order valence-electron chi connectivity index (χ1n) is 6.50. The Kier molecular flexibility index (Phi) is 5.32. The number of ether oxygens (including phenoxy) is 2. The summed E-state index contributed by atoms with van der Waals surface area (Å²) in [5.74, 6) is 1.00. The number of nitrogens with one attached hydrogen (secondary N) is 1. The lowest BCUT2D eigenvalue weighted by atomic mass is 10.1. The summed E-state index contributed by atoms with van der Waals surface area (Å²) in [6.07, 6.45) is -0.606. The van der Waals surface area contributed by atoms with Crippen LogP contribution in [0, 0.1) is 13.8 Å². The third kappa shape index (κ3) is 3.93. The van der Waals surface area contributed by atoms with Crippen LogP contribution in [0.1, 0.15) is 11.1 Å². The van der Waals surface area contributed by atoms with Crippen molar-refractivity contribution in [2.24, 2.45) is 0 Å². The summed E-state index contributed by atoms with van der Waals surface area (Å²) in [5.41, 5.74) is 2.28. The Morgan fingerprint density at radius 3 is 2.55 bits per heavy atom. The van der Waals surface area contributed by atoms with Gasteiger partial charge in [-0.3, -0.25) is 5.32 Å². The number of carbonyl (C=O) groups is 1. The summed E-state index contributed by atoms with van der Waals surface area (Å²) in [5, 5.41) is 3.12. The van der Waals surface area contributed by atoms with Crippen molar-refractivity contribution in [1.82, 2.24) is 0 Å². The molecule has 2 rings (SSSR count). The minimum atomic E-state index is -0.606. The maximum absolute atomic E-state index is 12.1. The smallest absolute Gasteiger partial charge is 0.417 e. The van der Waals surface area contributed by atoms with Crippen LogP contribution in [0.25, 0.3) is 0 Å². The molecular weight excluding hydrogens is 370 g/mol. The summed E-state index contributed by atoms with van der Waals surface area (Å²) < 4.78 is 11.5. The zero-order valence-corrected chi connectivity index (χ0v) is 14.7. The first-order valence-corrected chi connectivity index (χ1v) is 7.67. The number of hydrogen-bond acceptors (Lipinski definition) is 3. The summed E-state index contributed by atoms with van der Waals surface area (Å²) >= 11 is 9.37. The van der Waals surface area contributed by atoms with Crippen LogP contribution in [-0.2, 0) is 0 Å². The molecule has 0 aliphatic rings. The molecular formula is C16H15BrClNO3. The Morgan fingerprint density at radius 1 is 1.14 bits per heavy atom. The van der Waals surface area contributed by atoms with E-state index in [4.69, 9.17) is 21.1 Å². The van der Waals surface area contributed by atoms with E-state index >= 15 is 0 Å². The Labute approximate surface area is 142 Å². The molecule has 2 aromatic carbocycles. The zero-order valence-electron chi connectivity index (χ0n) is 12.4. The van der Waals surface area contributed by atoms with Crippen LogP contribution in [0.3, 0.4) is 0 Å². The summed E-state index contributed by atoms with van der Waals surface area (Å²) in [6.45, 7) is 3.79. The minimum absolute atomic E-state index is 0.450. The van der Waals surface area contributed by atoms with Crippen LogP contribution in [0.4, 0.5) is 10.5 Å². The molecule has 0 fully saturated rings. The molecule has 0 spiro atoms. The topological polar surface area (TPSA) is 47.6 Å². The second-order valence-corrected chi connectivity index (χ2v) is 6.02. The molecule has 0 atom stereocenters. The van der Waals surface area contributed by atoms with Crippen molar-refractivity contribution in [1.29, 1.82) is 0 Å². The number of aryl methyl sites for hydroxylation is 2. The molecule has 22 heavy (non-hydrogen) atoms. The van der Waals surface area contributed by atoms with E-state index in [1.54, 1.807) is 24.3 Å². The summed E-state index contributed by atoms with van der Waals surface area (Å²) in [7, 11) is 1.52. The highest BCUT2D eigenvalue weighted by molar-refractivity contribution is 9.10. The van der Waals surface area contributed by atoms with Gasteiger partial charge in [0.25, 0.3) is 0 Å². The van der Waals surface area contributed by atoms with E-state index < -0.39 is 6.09 Å². The maximum atomic E-state index is 12.1. The quantitative estimate of drug-likeness (QED) is 0.777. The number of hydrogen-bond donors (Lipinski definition) is 1. The molecule has 1 N–H and O–H groups in total. The van der Waals surface area contributed by atoms with Gasteiger partial charge in [0.1, 0.15) is 11.5 Å². The van der Waals surface area contributed by atoms with Crippen molar-refractivity contribution < 1.29 is 14.3 Å². The molecule has 0 aromatic heterocycles. The minimum Gasteiger partial charge on any atom is -0.495 e. The van der Waals surface area contributed by atoms with Crippen molar-refractivity contribution in [3.63, 3.8) is 0 Å². The van der Waals surface area contributed by atoms with E-state index in [9.17, 15) is 4.79 Å². The van der Waals surface area contributed by atoms with E-state index in [0.717, 1.165) is 15.6 Å². The van der Waals surface area contributed by atoms with Gasteiger partial charge in [-0.2, -0.15) is 0 Å². The average molecular weight is 385 g/mol.